The number of anilines is 1. The van der Waals surface area contributed by atoms with Gasteiger partial charge in [-0.25, -0.2) is 14.5 Å². The fraction of sp³-hybridized carbons (Fsp3) is 0.625. The standard InChI is InChI=1S/C32H41N5O7/c1-27(2)12-14-42-22-19(43-27)10-9-18-21(22)34-23(38)31(18)16-30-17-37-13-11-29(5,44-26(41)35(7)25(40)33-6)32(37,24(39)36(30)8)15-20(30)28(31,3)4/h9-10,12,14,20H,11,13,15-17H2,1-8H3,(H,33,40)(H,34,38)/t20?,29-,30?,31?,32?/m1/s1. The van der Waals surface area contributed by atoms with Crippen LogP contribution < -0.4 is 20.1 Å². The number of carbonyl (C=O) groups excluding carboxylic acids is 4. The minimum absolute atomic E-state index is 0.103. The first kappa shape index (κ1) is 28.9. The molecule has 236 valence electrons. The van der Waals surface area contributed by atoms with E-state index in [0.717, 1.165) is 10.5 Å². The van der Waals surface area contributed by atoms with Crippen LogP contribution in [0, 0.1) is 11.3 Å². The number of likely N-dealkylation sites (N-methyl/N-ethyl adjacent to an activating group) is 1. The van der Waals surface area contributed by atoms with E-state index in [1.807, 2.05) is 50.9 Å². The summed E-state index contributed by atoms with van der Waals surface area (Å²) in [5, 5.41) is 5.61. The van der Waals surface area contributed by atoms with Crippen LogP contribution in [0.4, 0.5) is 15.3 Å². The molecule has 1 aromatic rings. The molecule has 4 unspecified atom stereocenters. The first-order valence-corrected chi connectivity index (χ1v) is 15.3. The van der Waals surface area contributed by atoms with Crippen molar-refractivity contribution in [3.8, 4) is 11.5 Å². The summed E-state index contributed by atoms with van der Waals surface area (Å²) in [6, 6.07) is 3.25. The number of rotatable bonds is 1. The molecule has 6 heterocycles. The van der Waals surface area contributed by atoms with E-state index in [0.29, 0.717) is 49.5 Å². The van der Waals surface area contributed by atoms with Crippen LogP contribution in [0.1, 0.15) is 59.4 Å². The molecule has 12 nitrogen and oxygen atoms in total. The zero-order chi connectivity index (χ0) is 31.8. The highest BCUT2D eigenvalue weighted by Gasteiger charge is 2.83. The first-order chi connectivity index (χ1) is 20.5. The van der Waals surface area contributed by atoms with Crippen molar-refractivity contribution in [2.75, 3.05) is 39.5 Å². The Morgan fingerprint density at radius 1 is 1.16 bits per heavy atom. The molecular formula is C32H41N5O7. The Balaban J connectivity index is 1.33. The Morgan fingerprint density at radius 3 is 2.59 bits per heavy atom. The van der Waals surface area contributed by atoms with Gasteiger partial charge in [-0.2, -0.15) is 0 Å². The van der Waals surface area contributed by atoms with Gasteiger partial charge in [-0.05, 0) is 62.7 Å². The van der Waals surface area contributed by atoms with Crippen molar-refractivity contribution in [1.29, 1.82) is 0 Å². The lowest BCUT2D eigenvalue weighted by Gasteiger charge is -2.66. The van der Waals surface area contributed by atoms with Crippen molar-refractivity contribution >= 4 is 29.6 Å². The molecule has 0 aromatic heterocycles. The predicted molar refractivity (Wildman–Crippen MR) is 159 cm³/mol. The smallest absolute Gasteiger partial charge is 0.418 e. The van der Waals surface area contributed by atoms with Crippen molar-refractivity contribution in [3.63, 3.8) is 0 Å². The third kappa shape index (κ3) is 3.12. The topological polar surface area (TPSA) is 130 Å². The number of carbonyl (C=O) groups is 4. The molecule has 1 saturated carbocycles. The zero-order valence-electron chi connectivity index (χ0n) is 26.6. The van der Waals surface area contributed by atoms with Gasteiger partial charge in [0.25, 0.3) is 0 Å². The average Bonchev–Trinajstić information content (AvgIpc) is 3.43. The van der Waals surface area contributed by atoms with E-state index in [9.17, 15) is 19.2 Å². The second-order valence-electron chi connectivity index (χ2n) is 14.7. The van der Waals surface area contributed by atoms with Crippen LogP contribution >= 0.6 is 0 Å². The first-order valence-electron chi connectivity index (χ1n) is 15.3. The van der Waals surface area contributed by atoms with Crippen molar-refractivity contribution in [1.82, 2.24) is 20.0 Å². The Morgan fingerprint density at radius 2 is 1.89 bits per heavy atom. The summed E-state index contributed by atoms with van der Waals surface area (Å²) in [5.41, 5.74) is -3.64. The maximum atomic E-state index is 14.6. The van der Waals surface area contributed by atoms with E-state index in [1.54, 1.807) is 6.26 Å². The molecular weight excluding hydrogens is 566 g/mol. The minimum Gasteiger partial charge on any atom is -0.480 e. The largest absolute Gasteiger partial charge is 0.480 e. The Labute approximate surface area is 257 Å². The zero-order valence-corrected chi connectivity index (χ0v) is 26.6. The number of nitrogens with one attached hydrogen (secondary N) is 2. The summed E-state index contributed by atoms with van der Waals surface area (Å²) in [4.78, 5) is 59.3. The van der Waals surface area contributed by atoms with E-state index < -0.39 is 45.2 Å². The number of hydrogen-bond acceptors (Lipinski definition) is 8. The van der Waals surface area contributed by atoms with E-state index in [-0.39, 0.29) is 17.7 Å². The Hall–Kier alpha value is -3.80. The number of piperazine rings is 1. The molecule has 12 heteroatoms. The number of hydrogen-bond donors (Lipinski definition) is 2. The molecule has 44 heavy (non-hydrogen) atoms. The number of fused-ring (bicyclic) bond motifs is 5. The molecule has 2 N–H and O–H groups in total. The lowest BCUT2D eigenvalue weighted by atomic mass is 9.55. The highest BCUT2D eigenvalue weighted by molar-refractivity contribution is 6.10. The number of nitrogens with zero attached hydrogens (tertiary/aromatic N) is 3. The Kier molecular flexibility index (Phi) is 5.57. The maximum absolute atomic E-state index is 14.6. The van der Waals surface area contributed by atoms with Crippen molar-refractivity contribution in [3.05, 3.63) is 30.0 Å². The summed E-state index contributed by atoms with van der Waals surface area (Å²) < 4.78 is 18.4. The van der Waals surface area contributed by atoms with Crippen LogP contribution in [0.25, 0.3) is 0 Å². The number of urea groups is 1. The van der Waals surface area contributed by atoms with Crippen LogP contribution in [0.5, 0.6) is 11.5 Å². The molecule has 6 aliphatic heterocycles. The van der Waals surface area contributed by atoms with E-state index in [4.69, 9.17) is 14.2 Å². The fourth-order valence-electron chi connectivity index (χ4n) is 9.67. The van der Waals surface area contributed by atoms with Crippen molar-refractivity contribution in [2.45, 2.75) is 81.6 Å². The second kappa shape index (κ2) is 8.47. The van der Waals surface area contributed by atoms with Crippen LogP contribution in [-0.2, 0) is 19.7 Å². The normalized spacial score (nSPS) is 36.8. The van der Waals surface area contributed by atoms with Gasteiger partial charge < -0.3 is 29.7 Å². The highest BCUT2D eigenvalue weighted by atomic mass is 16.6. The van der Waals surface area contributed by atoms with Gasteiger partial charge in [-0.3, -0.25) is 14.5 Å². The molecule has 5 atom stereocenters. The summed E-state index contributed by atoms with van der Waals surface area (Å²) in [6.07, 6.45) is 3.94. The number of ether oxygens (including phenoxy) is 3. The van der Waals surface area contributed by atoms with Crippen molar-refractivity contribution < 1.29 is 33.4 Å². The molecule has 1 aromatic carbocycles. The van der Waals surface area contributed by atoms with Gasteiger partial charge in [-0.15, -0.1) is 0 Å². The fourth-order valence-corrected chi connectivity index (χ4v) is 9.67. The third-order valence-corrected chi connectivity index (χ3v) is 12.1. The lowest BCUT2D eigenvalue weighted by Crippen LogP contribution is -2.82. The molecule has 5 fully saturated rings. The summed E-state index contributed by atoms with van der Waals surface area (Å²) in [5.74, 6) is 0.690. The van der Waals surface area contributed by atoms with Crippen LogP contribution in [-0.4, -0.2) is 95.2 Å². The highest BCUT2D eigenvalue weighted by Crippen LogP contribution is 2.73. The predicted octanol–water partition coefficient (Wildman–Crippen LogP) is 3.21. The van der Waals surface area contributed by atoms with Gasteiger partial charge in [0, 0.05) is 40.7 Å². The Bertz CT molecular complexity index is 1570. The number of imide groups is 1. The minimum atomic E-state index is -1.19. The lowest BCUT2D eigenvalue weighted by molar-refractivity contribution is -0.206. The summed E-state index contributed by atoms with van der Waals surface area (Å²) in [7, 11) is 4.61. The average molecular weight is 608 g/mol. The monoisotopic (exact) mass is 607 g/mol. The molecule has 4 saturated heterocycles. The molecule has 5 amide bonds. The number of benzene rings is 1. The second-order valence-corrected chi connectivity index (χ2v) is 14.7. The molecule has 8 rings (SSSR count). The van der Waals surface area contributed by atoms with Gasteiger partial charge >= 0.3 is 12.1 Å². The maximum Gasteiger partial charge on any atom is 0.418 e. The van der Waals surface area contributed by atoms with E-state index in [1.165, 1.54) is 14.1 Å². The molecule has 0 radical (unpaired) electrons. The van der Waals surface area contributed by atoms with E-state index in [2.05, 4.69) is 29.4 Å². The SMILES string of the molecule is CNC(=O)N(C)C(=O)O[C@]1(C)CCN2CC34CC5(C(=O)Nc6c5ccc5c6OC=CC(C)(C)O5)C(C)(C)C3CC21C(=O)N4C. The van der Waals surface area contributed by atoms with Gasteiger partial charge in [0.05, 0.1) is 22.9 Å². The van der Waals surface area contributed by atoms with Gasteiger partial charge in [-0.1, -0.05) is 19.9 Å². The van der Waals surface area contributed by atoms with E-state index >= 15 is 0 Å². The van der Waals surface area contributed by atoms with Crippen LogP contribution in [0.15, 0.2) is 24.5 Å². The van der Waals surface area contributed by atoms with Gasteiger partial charge in [0.1, 0.15) is 16.7 Å². The van der Waals surface area contributed by atoms with Gasteiger partial charge in [0.15, 0.2) is 11.5 Å². The summed E-state index contributed by atoms with van der Waals surface area (Å²) in [6.45, 7) is 11.1. The summed E-state index contributed by atoms with van der Waals surface area (Å²) >= 11 is 0. The molecule has 7 aliphatic rings. The third-order valence-electron chi connectivity index (χ3n) is 12.1. The molecule has 2 bridgehead atoms. The van der Waals surface area contributed by atoms with Crippen LogP contribution in [0.3, 0.4) is 0 Å². The van der Waals surface area contributed by atoms with Crippen molar-refractivity contribution in [2.24, 2.45) is 11.3 Å². The van der Waals surface area contributed by atoms with Gasteiger partial charge in [0.2, 0.25) is 11.8 Å². The molecule has 1 aliphatic carbocycles. The quantitative estimate of drug-likeness (QED) is 0.498. The molecule has 3 spiro atoms. The van der Waals surface area contributed by atoms with Crippen LogP contribution in [0.2, 0.25) is 0 Å². The number of piperidine rings is 2. The number of amides is 5.